The van der Waals surface area contributed by atoms with Crippen LogP contribution < -0.4 is 4.90 Å². The minimum absolute atomic E-state index is 0.192. The van der Waals surface area contributed by atoms with Crippen molar-refractivity contribution < 1.29 is 25.9 Å². The van der Waals surface area contributed by atoms with Gasteiger partial charge in [0.1, 0.15) is 0 Å². The van der Waals surface area contributed by atoms with Gasteiger partial charge in [-0.05, 0) is 42.8 Å². The molecule has 0 aromatic heterocycles. The maximum Gasteiger partial charge on any atom is 0.294 e. The summed E-state index contributed by atoms with van der Waals surface area (Å²) in [5.74, 6) is 0. The molecule has 0 atom stereocenters. The summed E-state index contributed by atoms with van der Waals surface area (Å²) in [6.07, 6.45) is 0. The Morgan fingerprint density at radius 3 is 1.96 bits per heavy atom. The molecule has 0 aliphatic rings. The SMILES string of the molecule is CCN(Cc1ccc(S(=O)(=O)O)cc1)c1cccc(S(=O)(=O)O)c1. The molecule has 0 aliphatic heterocycles. The molecule has 7 nitrogen and oxygen atoms in total. The Labute approximate surface area is 141 Å². The molecule has 130 valence electrons. The van der Waals surface area contributed by atoms with Crippen molar-refractivity contribution in [3.05, 3.63) is 54.1 Å². The number of anilines is 1. The van der Waals surface area contributed by atoms with E-state index in [2.05, 4.69) is 0 Å². The molecule has 0 fully saturated rings. The summed E-state index contributed by atoms with van der Waals surface area (Å²) in [5, 5.41) is 0. The number of hydrogen-bond acceptors (Lipinski definition) is 5. The molecular weight excluding hydrogens is 354 g/mol. The van der Waals surface area contributed by atoms with Gasteiger partial charge >= 0.3 is 0 Å². The molecule has 0 aliphatic carbocycles. The average molecular weight is 371 g/mol. The lowest BCUT2D eigenvalue weighted by molar-refractivity contribution is 0.481. The Balaban J connectivity index is 2.27. The van der Waals surface area contributed by atoms with Gasteiger partial charge < -0.3 is 4.90 Å². The lowest BCUT2D eigenvalue weighted by atomic mass is 10.2. The molecular formula is C15H17NO6S2. The van der Waals surface area contributed by atoms with Gasteiger partial charge in [-0.3, -0.25) is 9.11 Å². The molecule has 2 aromatic rings. The van der Waals surface area contributed by atoms with Crippen LogP contribution in [-0.2, 0) is 26.8 Å². The zero-order chi connectivity index (χ0) is 18.0. The van der Waals surface area contributed by atoms with E-state index in [1.165, 1.54) is 30.3 Å². The van der Waals surface area contributed by atoms with E-state index in [4.69, 9.17) is 9.11 Å². The highest BCUT2D eigenvalue weighted by molar-refractivity contribution is 7.86. The maximum atomic E-state index is 11.2. The van der Waals surface area contributed by atoms with Crippen molar-refractivity contribution in [1.29, 1.82) is 0 Å². The van der Waals surface area contributed by atoms with E-state index in [9.17, 15) is 16.8 Å². The first-order chi connectivity index (χ1) is 11.1. The van der Waals surface area contributed by atoms with E-state index in [0.29, 0.717) is 18.8 Å². The Bertz CT molecular complexity index is 921. The van der Waals surface area contributed by atoms with Gasteiger partial charge in [0.2, 0.25) is 0 Å². The summed E-state index contributed by atoms with van der Waals surface area (Å²) in [6.45, 7) is 2.85. The molecule has 0 bridgehead atoms. The molecule has 0 radical (unpaired) electrons. The van der Waals surface area contributed by atoms with Gasteiger partial charge in [-0.2, -0.15) is 16.8 Å². The van der Waals surface area contributed by atoms with Gasteiger partial charge in [-0.1, -0.05) is 18.2 Å². The van der Waals surface area contributed by atoms with Crippen LogP contribution >= 0.6 is 0 Å². The zero-order valence-corrected chi connectivity index (χ0v) is 14.5. The minimum Gasteiger partial charge on any atom is -0.367 e. The molecule has 2 N–H and O–H groups in total. The van der Waals surface area contributed by atoms with E-state index in [1.54, 1.807) is 18.2 Å². The second-order valence-electron chi connectivity index (χ2n) is 5.11. The van der Waals surface area contributed by atoms with Crippen molar-refractivity contribution in [2.45, 2.75) is 23.3 Å². The van der Waals surface area contributed by atoms with Crippen LogP contribution in [-0.4, -0.2) is 32.5 Å². The third-order valence-electron chi connectivity index (χ3n) is 3.46. The van der Waals surface area contributed by atoms with E-state index in [-0.39, 0.29) is 9.79 Å². The predicted octanol–water partition coefficient (Wildman–Crippen LogP) is 2.21. The molecule has 0 spiro atoms. The number of rotatable bonds is 6. The molecule has 2 rings (SSSR count). The first-order valence-corrected chi connectivity index (χ1v) is 9.88. The first-order valence-electron chi connectivity index (χ1n) is 7.00. The number of benzene rings is 2. The Morgan fingerprint density at radius 1 is 0.875 bits per heavy atom. The molecule has 9 heteroatoms. The lowest BCUT2D eigenvalue weighted by Gasteiger charge is -2.23. The third kappa shape index (κ3) is 4.54. The standard InChI is InChI=1S/C15H17NO6S2/c1-2-16(13-4-3-5-15(10-13)24(20,21)22)11-12-6-8-14(9-7-12)23(17,18)19/h3-10H,2,11H2,1H3,(H,17,18,19)(H,20,21,22). The van der Waals surface area contributed by atoms with Gasteiger partial charge in [-0.25, -0.2) is 0 Å². The monoisotopic (exact) mass is 371 g/mol. The summed E-state index contributed by atoms with van der Waals surface area (Å²) < 4.78 is 62.7. The molecule has 0 unspecified atom stereocenters. The van der Waals surface area contributed by atoms with Gasteiger partial charge in [0.15, 0.2) is 0 Å². The highest BCUT2D eigenvalue weighted by atomic mass is 32.2. The highest BCUT2D eigenvalue weighted by Gasteiger charge is 2.13. The van der Waals surface area contributed by atoms with Crippen LogP contribution in [0, 0.1) is 0 Å². The predicted molar refractivity (Wildman–Crippen MR) is 89.2 cm³/mol. The first kappa shape index (κ1) is 18.4. The van der Waals surface area contributed by atoms with Crippen molar-refractivity contribution in [1.82, 2.24) is 0 Å². The molecule has 0 saturated heterocycles. The molecule has 2 aromatic carbocycles. The van der Waals surface area contributed by atoms with Crippen molar-refractivity contribution >= 4 is 25.9 Å². The Morgan fingerprint density at radius 2 is 1.46 bits per heavy atom. The van der Waals surface area contributed by atoms with Crippen molar-refractivity contribution in [3.8, 4) is 0 Å². The zero-order valence-electron chi connectivity index (χ0n) is 12.8. The molecule has 0 amide bonds. The van der Waals surface area contributed by atoms with E-state index in [1.807, 2.05) is 11.8 Å². The highest BCUT2D eigenvalue weighted by Crippen LogP contribution is 2.21. The van der Waals surface area contributed by atoms with Crippen LogP contribution in [0.3, 0.4) is 0 Å². The molecule has 0 heterocycles. The summed E-state index contributed by atoms with van der Waals surface area (Å²) in [4.78, 5) is 1.47. The topological polar surface area (TPSA) is 112 Å². The minimum atomic E-state index is -4.28. The molecule has 24 heavy (non-hydrogen) atoms. The number of nitrogens with zero attached hydrogens (tertiary/aromatic N) is 1. The fraction of sp³-hybridized carbons (Fsp3) is 0.200. The Kier molecular flexibility index (Phi) is 5.29. The second kappa shape index (κ2) is 6.89. The van der Waals surface area contributed by atoms with Crippen molar-refractivity contribution in [2.75, 3.05) is 11.4 Å². The van der Waals surface area contributed by atoms with E-state index < -0.39 is 20.2 Å². The second-order valence-corrected chi connectivity index (χ2v) is 7.95. The third-order valence-corrected chi connectivity index (χ3v) is 5.17. The average Bonchev–Trinajstić information content (AvgIpc) is 2.51. The normalized spacial score (nSPS) is 12.1. The van der Waals surface area contributed by atoms with Crippen LogP contribution in [0.4, 0.5) is 5.69 Å². The Hall–Kier alpha value is -1.94. The fourth-order valence-electron chi connectivity index (χ4n) is 2.21. The number of hydrogen-bond donors (Lipinski definition) is 2. The van der Waals surface area contributed by atoms with Crippen LogP contribution in [0.5, 0.6) is 0 Å². The van der Waals surface area contributed by atoms with Crippen LogP contribution in [0.1, 0.15) is 12.5 Å². The van der Waals surface area contributed by atoms with Gasteiger partial charge in [0.05, 0.1) is 9.79 Å². The lowest BCUT2D eigenvalue weighted by Crippen LogP contribution is -2.22. The van der Waals surface area contributed by atoms with Crippen molar-refractivity contribution in [3.63, 3.8) is 0 Å². The van der Waals surface area contributed by atoms with Crippen LogP contribution in [0.25, 0.3) is 0 Å². The molecule has 0 saturated carbocycles. The summed E-state index contributed by atoms with van der Waals surface area (Å²) in [5.41, 5.74) is 1.38. The smallest absolute Gasteiger partial charge is 0.294 e. The van der Waals surface area contributed by atoms with Gasteiger partial charge in [-0.15, -0.1) is 0 Å². The van der Waals surface area contributed by atoms with Crippen LogP contribution in [0.15, 0.2) is 58.3 Å². The summed E-state index contributed by atoms with van der Waals surface area (Å²) in [7, 11) is -8.52. The summed E-state index contributed by atoms with van der Waals surface area (Å²) >= 11 is 0. The van der Waals surface area contributed by atoms with E-state index in [0.717, 1.165) is 5.56 Å². The largest absolute Gasteiger partial charge is 0.367 e. The summed E-state index contributed by atoms with van der Waals surface area (Å²) in [6, 6.07) is 11.6. The van der Waals surface area contributed by atoms with Gasteiger partial charge in [0, 0.05) is 18.8 Å². The van der Waals surface area contributed by atoms with Crippen LogP contribution in [0.2, 0.25) is 0 Å². The fourth-order valence-corrected chi connectivity index (χ4v) is 3.21. The maximum absolute atomic E-state index is 11.2. The quantitative estimate of drug-likeness (QED) is 0.749. The van der Waals surface area contributed by atoms with Gasteiger partial charge in [0.25, 0.3) is 20.2 Å². The van der Waals surface area contributed by atoms with Crippen molar-refractivity contribution in [2.24, 2.45) is 0 Å². The van der Waals surface area contributed by atoms with E-state index >= 15 is 0 Å².